The Hall–Kier alpha value is -0.820. The van der Waals surface area contributed by atoms with Gasteiger partial charge in [0.2, 0.25) is 0 Å². The third kappa shape index (κ3) is 2.82. The molecule has 1 rings (SSSR count). The smallest absolute Gasteiger partial charge is 0.0821 e. The quantitative estimate of drug-likeness (QED) is 0.717. The predicted octanol–water partition coefficient (Wildman–Crippen LogP) is 4.22. The third-order valence-corrected chi connectivity index (χ3v) is 2.97. The molecule has 0 amide bonds. The fourth-order valence-electron chi connectivity index (χ4n) is 1.88. The molecule has 1 aromatic rings. The number of ether oxygens (including phenoxy) is 1. The average molecular weight is 206 g/mol. The molecule has 0 aliphatic heterocycles. The third-order valence-electron chi connectivity index (χ3n) is 2.97. The average Bonchev–Trinajstić information content (AvgIpc) is 2.22. The van der Waals surface area contributed by atoms with Crippen LogP contribution in [0.2, 0.25) is 0 Å². The molecule has 0 saturated carbocycles. The molecule has 0 spiro atoms. The molecule has 1 heteroatoms. The number of methoxy groups -OCH3 is 1. The zero-order valence-electron chi connectivity index (χ0n) is 10.5. The summed E-state index contributed by atoms with van der Waals surface area (Å²) in [5.41, 5.74) is 4.06. The van der Waals surface area contributed by atoms with Crippen LogP contribution < -0.4 is 0 Å². The molecule has 1 atom stereocenters. The van der Waals surface area contributed by atoms with Gasteiger partial charge in [0.05, 0.1) is 6.10 Å². The fraction of sp³-hybridized carbons (Fsp3) is 0.571. The Bertz CT molecular complexity index is 311. The van der Waals surface area contributed by atoms with Crippen molar-refractivity contribution in [3.05, 3.63) is 34.9 Å². The van der Waals surface area contributed by atoms with Crippen molar-refractivity contribution in [2.75, 3.05) is 7.11 Å². The maximum Gasteiger partial charge on any atom is 0.0821 e. The van der Waals surface area contributed by atoms with Gasteiger partial charge in [-0.05, 0) is 36.0 Å². The van der Waals surface area contributed by atoms with E-state index < -0.39 is 0 Å². The Kier molecular flexibility index (Phi) is 4.34. The number of hydrogen-bond acceptors (Lipinski definition) is 1. The van der Waals surface area contributed by atoms with Crippen LogP contribution >= 0.6 is 0 Å². The highest BCUT2D eigenvalue weighted by molar-refractivity contribution is 5.34. The maximum absolute atomic E-state index is 5.50. The Morgan fingerprint density at radius 3 is 2.40 bits per heavy atom. The van der Waals surface area contributed by atoms with E-state index in [1.807, 2.05) is 0 Å². The molecular formula is C14H22O. The van der Waals surface area contributed by atoms with Gasteiger partial charge in [0.15, 0.2) is 0 Å². The van der Waals surface area contributed by atoms with Gasteiger partial charge in [-0.1, -0.05) is 39.0 Å². The molecular weight excluding hydrogens is 184 g/mol. The van der Waals surface area contributed by atoms with Crippen LogP contribution in [0, 0.1) is 6.92 Å². The van der Waals surface area contributed by atoms with E-state index in [1.54, 1.807) is 7.11 Å². The van der Waals surface area contributed by atoms with Crippen molar-refractivity contribution in [3.8, 4) is 0 Å². The van der Waals surface area contributed by atoms with Gasteiger partial charge < -0.3 is 4.74 Å². The maximum atomic E-state index is 5.50. The van der Waals surface area contributed by atoms with Gasteiger partial charge in [-0.15, -0.1) is 0 Å². The first-order valence-electron chi connectivity index (χ1n) is 5.73. The van der Waals surface area contributed by atoms with Gasteiger partial charge in [0.25, 0.3) is 0 Å². The van der Waals surface area contributed by atoms with Crippen LogP contribution in [-0.4, -0.2) is 7.11 Å². The van der Waals surface area contributed by atoms with E-state index in [4.69, 9.17) is 4.74 Å². The highest BCUT2D eigenvalue weighted by Gasteiger charge is 2.12. The van der Waals surface area contributed by atoms with E-state index in [0.717, 1.165) is 6.42 Å². The van der Waals surface area contributed by atoms with Gasteiger partial charge >= 0.3 is 0 Å². The van der Waals surface area contributed by atoms with E-state index in [-0.39, 0.29) is 6.10 Å². The number of hydrogen-bond donors (Lipinski definition) is 0. The molecule has 0 heterocycles. The monoisotopic (exact) mass is 206 g/mol. The van der Waals surface area contributed by atoms with Crippen LogP contribution in [0.15, 0.2) is 18.2 Å². The number of rotatable bonds is 4. The zero-order valence-corrected chi connectivity index (χ0v) is 10.5. The minimum Gasteiger partial charge on any atom is -0.377 e. The van der Waals surface area contributed by atoms with E-state index in [2.05, 4.69) is 45.9 Å². The second-order valence-electron chi connectivity index (χ2n) is 4.40. The van der Waals surface area contributed by atoms with Crippen LogP contribution in [0.1, 0.15) is 55.9 Å². The summed E-state index contributed by atoms with van der Waals surface area (Å²) < 4.78 is 5.50. The lowest BCUT2D eigenvalue weighted by atomic mass is 9.94. The van der Waals surface area contributed by atoms with Crippen molar-refractivity contribution in [1.82, 2.24) is 0 Å². The minimum atomic E-state index is 0.240. The van der Waals surface area contributed by atoms with Crippen molar-refractivity contribution in [3.63, 3.8) is 0 Å². The van der Waals surface area contributed by atoms with Gasteiger partial charge in [0.1, 0.15) is 0 Å². The standard InChI is InChI=1S/C14H22O/c1-6-14(15-5)13-9-12(10(2)3)8-7-11(13)4/h7-10,14H,6H2,1-5H3. The summed E-state index contributed by atoms with van der Waals surface area (Å²) in [6.07, 6.45) is 1.27. The van der Waals surface area contributed by atoms with Crippen molar-refractivity contribution in [2.24, 2.45) is 0 Å². The second-order valence-corrected chi connectivity index (χ2v) is 4.40. The Morgan fingerprint density at radius 2 is 1.93 bits per heavy atom. The molecule has 0 radical (unpaired) electrons. The molecule has 0 fully saturated rings. The highest BCUT2D eigenvalue weighted by atomic mass is 16.5. The minimum absolute atomic E-state index is 0.240. The molecule has 0 N–H and O–H groups in total. The SMILES string of the molecule is CCC(OC)c1cc(C(C)C)ccc1C. The van der Waals surface area contributed by atoms with Crippen molar-refractivity contribution in [1.29, 1.82) is 0 Å². The fourth-order valence-corrected chi connectivity index (χ4v) is 1.88. The van der Waals surface area contributed by atoms with Crippen LogP contribution in [0.4, 0.5) is 0 Å². The van der Waals surface area contributed by atoms with Crippen LogP contribution in [0.3, 0.4) is 0 Å². The van der Waals surface area contributed by atoms with E-state index in [0.29, 0.717) is 5.92 Å². The van der Waals surface area contributed by atoms with E-state index in [9.17, 15) is 0 Å². The van der Waals surface area contributed by atoms with Gasteiger partial charge in [-0.3, -0.25) is 0 Å². The molecule has 15 heavy (non-hydrogen) atoms. The van der Waals surface area contributed by atoms with Gasteiger partial charge in [-0.25, -0.2) is 0 Å². The molecule has 0 aliphatic rings. The largest absolute Gasteiger partial charge is 0.377 e. The van der Waals surface area contributed by atoms with Gasteiger partial charge in [-0.2, -0.15) is 0 Å². The molecule has 1 unspecified atom stereocenters. The highest BCUT2D eigenvalue weighted by Crippen LogP contribution is 2.27. The van der Waals surface area contributed by atoms with E-state index in [1.165, 1.54) is 16.7 Å². The van der Waals surface area contributed by atoms with Crippen molar-refractivity contribution in [2.45, 2.75) is 46.1 Å². The summed E-state index contributed by atoms with van der Waals surface area (Å²) in [7, 11) is 1.79. The first kappa shape index (κ1) is 12.3. The zero-order chi connectivity index (χ0) is 11.4. The number of benzene rings is 1. The lowest BCUT2D eigenvalue weighted by Crippen LogP contribution is -2.03. The topological polar surface area (TPSA) is 9.23 Å². The molecule has 0 saturated heterocycles. The summed E-state index contributed by atoms with van der Waals surface area (Å²) in [6.45, 7) is 8.77. The molecule has 84 valence electrons. The van der Waals surface area contributed by atoms with Crippen LogP contribution in [0.25, 0.3) is 0 Å². The first-order valence-corrected chi connectivity index (χ1v) is 5.73. The van der Waals surface area contributed by atoms with Crippen molar-refractivity contribution >= 4 is 0 Å². The number of aryl methyl sites for hydroxylation is 1. The molecule has 1 aromatic carbocycles. The second kappa shape index (κ2) is 5.32. The molecule has 0 bridgehead atoms. The summed E-state index contributed by atoms with van der Waals surface area (Å²) >= 11 is 0. The summed E-state index contributed by atoms with van der Waals surface area (Å²) in [5, 5.41) is 0. The molecule has 0 aliphatic carbocycles. The van der Waals surface area contributed by atoms with Crippen LogP contribution in [-0.2, 0) is 4.74 Å². The summed E-state index contributed by atoms with van der Waals surface area (Å²) in [5.74, 6) is 0.582. The molecule has 0 aromatic heterocycles. The normalized spacial score (nSPS) is 13.2. The summed E-state index contributed by atoms with van der Waals surface area (Å²) in [4.78, 5) is 0. The lowest BCUT2D eigenvalue weighted by Gasteiger charge is -2.18. The predicted molar refractivity (Wildman–Crippen MR) is 65.3 cm³/mol. The Labute approximate surface area is 93.5 Å². The Balaban J connectivity index is 3.09. The molecule has 1 nitrogen and oxygen atoms in total. The van der Waals surface area contributed by atoms with Crippen LogP contribution in [0.5, 0.6) is 0 Å². The first-order chi connectivity index (χ1) is 7.10. The lowest BCUT2D eigenvalue weighted by molar-refractivity contribution is 0.0994. The summed E-state index contributed by atoms with van der Waals surface area (Å²) in [6, 6.07) is 6.70. The van der Waals surface area contributed by atoms with Gasteiger partial charge in [0, 0.05) is 7.11 Å². The Morgan fingerprint density at radius 1 is 1.27 bits per heavy atom. The van der Waals surface area contributed by atoms with Crippen molar-refractivity contribution < 1.29 is 4.74 Å². The van der Waals surface area contributed by atoms with E-state index >= 15 is 0 Å².